The van der Waals surface area contributed by atoms with Crippen LogP contribution in [0.5, 0.6) is 5.88 Å². The number of aromatic nitrogens is 4. The summed E-state index contributed by atoms with van der Waals surface area (Å²) in [6.07, 6.45) is -0.244. The van der Waals surface area contributed by atoms with Crippen molar-refractivity contribution in [2.24, 2.45) is 0 Å². The number of alkyl halides is 3. The van der Waals surface area contributed by atoms with Crippen LogP contribution >= 0.6 is 0 Å². The molecule has 0 aliphatic rings. The number of nitrogens with zero attached hydrogens (tertiary/aromatic N) is 4. The lowest BCUT2D eigenvalue weighted by Crippen LogP contribution is -2.17. The second kappa shape index (κ2) is 4.51. The summed E-state index contributed by atoms with van der Waals surface area (Å²) >= 11 is 0. The van der Waals surface area contributed by atoms with Crippen molar-refractivity contribution >= 4 is 10.9 Å². The Bertz CT molecular complexity index is 764. The Morgan fingerprint density at radius 3 is 2.76 bits per heavy atom. The molecular weight excluding hydrogens is 285 g/mol. The van der Waals surface area contributed by atoms with Crippen molar-refractivity contribution in [2.75, 3.05) is 0 Å². The standard InChI is InChI=1S/C13H11F3N4O/c1-8-11-10(3-2-4-17-11)12(21)20(8)9-5-18-19(6-9)7-13(14,15)16/h2-6,21H,7H2,1H3. The van der Waals surface area contributed by atoms with Crippen LogP contribution in [0.3, 0.4) is 0 Å². The minimum atomic E-state index is -4.34. The molecule has 0 fully saturated rings. The molecule has 0 aliphatic heterocycles. The Labute approximate surface area is 117 Å². The van der Waals surface area contributed by atoms with Gasteiger partial charge < -0.3 is 5.11 Å². The maximum atomic E-state index is 12.4. The predicted molar refractivity (Wildman–Crippen MR) is 69.3 cm³/mol. The molecule has 8 heteroatoms. The fraction of sp³-hybridized carbons (Fsp3) is 0.231. The number of hydrogen-bond acceptors (Lipinski definition) is 3. The smallest absolute Gasteiger partial charge is 0.408 e. The van der Waals surface area contributed by atoms with Gasteiger partial charge in [0.2, 0.25) is 5.88 Å². The molecule has 21 heavy (non-hydrogen) atoms. The van der Waals surface area contributed by atoms with Gasteiger partial charge in [0, 0.05) is 18.1 Å². The average Bonchev–Trinajstić information content (AvgIpc) is 2.93. The Morgan fingerprint density at radius 2 is 2.10 bits per heavy atom. The highest BCUT2D eigenvalue weighted by Crippen LogP contribution is 2.32. The lowest BCUT2D eigenvalue weighted by Gasteiger charge is -2.06. The molecule has 110 valence electrons. The molecule has 0 saturated carbocycles. The lowest BCUT2D eigenvalue weighted by molar-refractivity contribution is -0.142. The second-order valence-corrected chi connectivity index (χ2v) is 4.66. The zero-order valence-electron chi connectivity index (χ0n) is 11.0. The van der Waals surface area contributed by atoms with E-state index in [9.17, 15) is 18.3 Å². The molecule has 0 amide bonds. The van der Waals surface area contributed by atoms with E-state index >= 15 is 0 Å². The number of aromatic hydroxyl groups is 1. The molecule has 0 aromatic carbocycles. The zero-order valence-corrected chi connectivity index (χ0v) is 11.0. The average molecular weight is 296 g/mol. The monoisotopic (exact) mass is 296 g/mol. The molecule has 3 rings (SSSR count). The third-order valence-electron chi connectivity index (χ3n) is 3.16. The summed E-state index contributed by atoms with van der Waals surface area (Å²) in [5, 5.41) is 14.4. The fourth-order valence-corrected chi connectivity index (χ4v) is 2.31. The first-order chi connectivity index (χ1) is 9.87. The summed E-state index contributed by atoms with van der Waals surface area (Å²) in [6.45, 7) is 0.558. The number of pyridine rings is 1. The largest absolute Gasteiger partial charge is 0.494 e. The van der Waals surface area contributed by atoms with Gasteiger partial charge in [-0.2, -0.15) is 18.3 Å². The predicted octanol–water partition coefficient (Wildman–Crippen LogP) is 2.80. The lowest BCUT2D eigenvalue weighted by atomic mass is 10.3. The third-order valence-corrected chi connectivity index (χ3v) is 3.16. The van der Waals surface area contributed by atoms with Gasteiger partial charge in [0.1, 0.15) is 6.54 Å². The Balaban J connectivity index is 2.09. The van der Waals surface area contributed by atoms with E-state index in [1.807, 2.05) is 0 Å². The normalized spacial score (nSPS) is 12.2. The minimum Gasteiger partial charge on any atom is -0.494 e. The van der Waals surface area contributed by atoms with Crippen LogP contribution in [0.15, 0.2) is 30.7 Å². The van der Waals surface area contributed by atoms with E-state index in [4.69, 9.17) is 0 Å². The van der Waals surface area contributed by atoms with E-state index in [2.05, 4.69) is 10.1 Å². The highest BCUT2D eigenvalue weighted by Gasteiger charge is 2.28. The van der Waals surface area contributed by atoms with Crippen molar-refractivity contribution in [1.82, 2.24) is 19.3 Å². The number of rotatable bonds is 2. The molecule has 0 aliphatic carbocycles. The van der Waals surface area contributed by atoms with E-state index in [1.54, 1.807) is 25.3 Å². The van der Waals surface area contributed by atoms with Crippen LogP contribution in [0.4, 0.5) is 13.2 Å². The molecule has 3 aromatic heterocycles. The molecule has 0 bridgehead atoms. The molecule has 0 unspecified atom stereocenters. The van der Waals surface area contributed by atoms with Crippen LogP contribution < -0.4 is 0 Å². The van der Waals surface area contributed by atoms with Gasteiger partial charge >= 0.3 is 6.18 Å². The van der Waals surface area contributed by atoms with E-state index in [0.717, 1.165) is 4.68 Å². The highest BCUT2D eigenvalue weighted by molar-refractivity contribution is 5.88. The summed E-state index contributed by atoms with van der Waals surface area (Å²) in [4.78, 5) is 4.17. The van der Waals surface area contributed by atoms with Gasteiger partial charge in [-0.15, -0.1) is 0 Å². The SMILES string of the molecule is Cc1c2ncccc2c(O)n1-c1cnn(CC(F)(F)F)c1. The molecule has 0 spiro atoms. The number of aryl methyl sites for hydroxylation is 1. The van der Waals surface area contributed by atoms with E-state index in [-0.39, 0.29) is 5.88 Å². The van der Waals surface area contributed by atoms with Crippen molar-refractivity contribution in [1.29, 1.82) is 0 Å². The maximum absolute atomic E-state index is 12.4. The summed E-state index contributed by atoms with van der Waals surface area (Å²) in [6, 6.07) is 3.38. The highest BCUT2D eigenvalue weighted by atomic mass is 19.4. The Morgan fingerprint density at radius 1 is 1.33 bits per heavy atom. The Kier molecular flexibility index (Phi) is 2.89. The molecule has 1 N–H and O–H groups in total. The van der Waals surface area contributed by atoms with Crippen molar-refractivity contribution in [3.05, 3.63) is 36.4 Å². The van der Waals surface area contributed by atoms with Gasteiger partial charge in [0.05, 0.1) is 22.8 Å². The second-order valence-electron chi connectivity index (χ2n) is 4.66. The molecule has 3 heterocycles. The van der Waals surface area contributed by atoms with Crippen LogP contribution in [-0.2, 0) is 6.54 Å². The van der Waals surface area contributed by atoms with Crippen LogP contribution in [0, 0.1) is 6.92 Å². The topological polar surface area (TPSA) is 55.9 Å². The van der Waals surface area contributed by atoms with Crippen LogP contribution in [0.25, 0.3) is 16.6 Å². The van der Waals surface area contributed by atoms with Gasteiger partial charge in [0.15, 0.2) is 0 Å². The number of halogens is 3. The molecule has 3 aromatic rings. The van der Waals surface area contributed by atoms with Crippen LogP contribution in [0.2, 0.25) is 0 Å². The fourth-order valence-electron chi connectivity index (χ4n) is 2.31. The van der Waals surface area contributed by atoms with Crippen LogP contribution in [0.1, 0.15) is 5.69 Å². The number of fused-ring (bicyclic) bond motifs is 1. The van der Waals surface area contributed by atoms with Gasteiger partial charge in [-0.25, -0.2) is 0 Å². The third kappa shape index (κ3) is 2.32. The van der Waals surface area contributed by atoms with E-state index in [0.29, 0.717) is 22.3 Å². The molecule has 0 saturated heterocycles. The van der Waals surface area contributed by atoms with E-state index < -0.39 is 12.7 Å². The first-order valence-corrected chi connectivity index (χ1v) is 6.11. The van der Waals surface area contributed by atoms with Crippen molar-refractivity contribution in [3.63, 3.8) is 0 Å². The number of hydrogen-bond donors (Lipinski definition) is 1. The van der Waals surface area contributed by atoms with Crippen molar-refractivity contribution in [2.45, 2.75) is 19.6 Å². The van der Waals surface area contributed by atoms with Crippen molar-refractivity contribution < 1.29 is 18.3 Å². The zero-order chi connectivity index (χ0) is 15.2. The van der Waals surface area contributed by atoms with Gasteiger partial charge in [-0.05, 0) is 19.1 Å². The van der Waals surface area contributed by atoms with Gasteiger partial charge in [-0.1, -0.05) is 0 Å². The van der Waals surface area contributed by atoms with Gasteiger partial charge in [0.25, 0.3) is 0 Å². The molecular formula is C13H11F3N4O. The minimum absolute atomic E-state index is 0.0674. The summed E-state index contributed by atoms with van der Waals surface area (Å²) in [5.74, 6) is -0.0674. The first-order valence-electron chi connectivity index (χ1n) is 6.11. The Hall–Kier alpha value is -2.51. The van der Waals surface area contributed by atoms with Crippen molar-refractivity contribution in [3.8, 4) is 11.6 Å². The summed E-state index contributed by atoms with van der Waals surface area (Å²) in [5.41, 5.74) is 1.58. The molecule has 5 nitrogen and oxygen atoms in total. The summed E-state index contributed by atoms with van der Waals surface area (Å²) < 4.78 is 39.3. The molecule has 0 atom stereocenters. The quantitative estimate of drug-likeness (QED) is 0.791. The van der Waals surface area contributed by atoms with Crippen LogP contribution in [-0.4, -0.2) is 30.6 Å². The van der Waals surface area contributed by atoms with E-state index in [1.165, 1.54) is 17.0 Å². The van der Waals surface area contributed by atoms with Gasteiger partial charge in [-0.3, -0.25) is 14.2 Å². The summed E-state index contributed by atoms with van der Waals surface area (Å²) in [7, 11) is 0. The first kappa shape index (κ1) is 13.5. The maximum Gasteiger partial charge on any atom is 0.408 e. The molecule has 0 radical (unpaired) electrons.